The van der Waals surface area contributed by atoms with Crippen LogP contribution in [0, 0.1) is 0 Å². The van der Waals surface area contributed by atoms with Gasteiger partial charge in [0, 0.05) is 5.69 Å². The fourth-order valence-corrected chi connectivity index (χ4v) is 1.26. The predicted octanol–water partition coefficient (Wildman–Crippen LogP) is 1.33. The van der Waals surface area contributed by atoms with Crippen LogP contribution in [0.3, 0.4) is 0 Å². The monoisotopic (exact) mass is 278 g/mol. The summed E-state index contributed by atoms with van der Waals surface area (Å²) in [4.78, 5) is 11.1. The van der Waals surface area contributed by atoms with Crippen LogP contribution in [0.4, 0.5) is 18.9 Å². The summed E-state index contributed by atoms with van der Waals surface area (Å²) < 4.78 is 44.8. The molecular formula is C11H13F3N2O3. The van der Waals surface area contributed by atoms with Crippen molar-refractivity contribution in [1.29, 1.82) is 0 Å². The zero-order valence-corrected chi connectivity index (χ0v) is 9.87. The lowest BCUT2D eigenvalue weighted by atomic mass is 10.1. The van der Waals surface area contributed by atoms with Gasteiger partial charge in [0.25, 0.3) is 5.91 Å². The van der Waals surface area contributed by atoms with Crippen LogP contribution in [0.25, 0.3) is 0 Å². The molecule has 0 spiro atoms. The summed E-state index contributed by atoms with van der Waals surface area (Å²) in [7, 11) is 0. The second-order valence-electron chi connectivity index (χ2n) is 3.64. The summed E-state index contributed by atoms with van der Waals surface area (Å²) in [6.45, 7) is -1.75. The number of hydrogen-bond donors (Lipinski definition) is 2. The summed E-state index contributed by atoms with van der Waals surface area (Å²) in [5, 5.41) is 0. The molecule has 0 fully saturated rings. The van der Waals surface area contributed by atoms with Crippen LogP contribution in [0.2, 0.25) is 0 Å². The van der Waals surface area contributed by atoms with Gasteiger partial charge in [0.05, 0.1) is 12.2 Å². The van der Waals surface area contributed by atoms with E-state index in [0.717, 1.165) is 0 Å². The molecule has 0 saturated carbocycles. The molecule has 1 aromatic carbocycles. The highest BCUT2D eigenvalue weighted by molar-refractivity contribution is 5.96. The number of ether oxygens (including phenoxy) is 2. The number of halogens is 3. The lowest BCUT2D eigenvalue weighted by molar-refractivity contribution is -0.175. The van der Waals surface area contributed by atoms with Crippen molar-refractivity contribution in [3.63, 3.8) is 0 Å². The topological polar surface area (TPSA) is 87.6 Å². The van der Waals surface area contributed by atoms with Crippen molar-refractivity contribution >= 4 is 11.6 Å². The first kappa shape index (κ1) is 15.1. The highest BCUT2D eigenvalue weighted by Crippen LogP contribution is 2.21. The molecule has 19 heavy (non-hydrogen) atoms. The van der Waals surface area contributed by atoms with E-state index in [2.05, 4.69) is 4.74 Å². The van der Waals surface area contributed by atoms with Gasteiger partial charge in [-0.3, -0.25) is 4.79 Å². The van der Waals surface area contributed by atoms with Gasteiger partial charge in [0.1, 0.15) is 19.0 Å². The standard InChI is InChI=1S/C11H13F3N2O3/c12-11(13,14)6-18-3-4-19-9-2-1-7(15)5-8(9)10(16)17/h1-2,5H,3-4,6,15H2,(H2,16,17). The van der Waals surface area contributed by atoms with Crippen LogP contribution < -0.4 is 16.2 Å². The number of carbonyl (C=O) groups excluding carboxylic acids is 1. The van der Waals surface area contributed by atoms with Gasteiger partial charge in [-0.05, 0) is 18.2 Å². The Kier molecular flexibility index (Phi) is 4.99. The maximum absolute atomic E-state index is 11.8. The molecule has 0 heterocycles. The van der Waals surface area contributed by atoms with E-state index in [0.29, 0.717) is 5.69 Å². The molecule has 0 aliphatic rings. The SMILES string of the molecule is NC(=O)c1cc(N)ccc1OCCOCC(F)(F)F. The lowest BCUT2D eigenvalue weighted by Gasteiger charge is -2.11. The number of anilines is 1. The van der Waals surface area contributed by atoms with Crippen LogP contribution in [-0.2, 0) is 4.74 Å². The Morgan fingerprint density at radius 1 is 1.26 bits per heavy atom. The zero-order chi connectivity index (χ0) is 14.5. The number of nitrogens with two attached hydrogens (primary N) is 2. The minimum Gasteiger partial charge on any atom is -0.490 e. The van der Waals surface area contributed by atoms with E-state index in [1.54, 1.807) is 0 Å². The Morgan fingerprint density at radius 2 is 1.95 bits per heavy atom. The van der Waals surface area contributed by atoms with Crippen molar-refractivity contribution in [3.05, 3.63) is 23.8 Å². The molecule has 1 rings (SSSR count). The van der Waals surface area contributed by atoms with Crippen molar-refractivity contribution in [2.45, 2.75) is 6.18 Å². The van der Waals surface area contributed by atoms with Crippen LogP contribution in [0.1, 0.15) is 10.4 Å². The van der Waals surface area contributed by atoms with E-state index >= 15 is 0 Å². The van der Waals surface area contributed by atoms with Gasteiger partial charge in [-0.2, -0.15) is 13.2 Å². The van der Waals surface area contributed by atoms with E-state index in [4.69, 9.17) is 16.2 Å². The summed E-state index contributed by atoms with van der Waals surface area (Å²) >= 11 is 0. The van der Waals surface area contributed by atoms with E-state index in [1.165, 1.54) is 18.2 Å². The van der Waals surface area contributed by atoms with Gasteiger partial charge in [-0.25, -0.2) is 0 Å². The Bertz CT molecular complexity index is 449. The number of carbonyl (C=O) groups is 1. The average molecular weight is 278 g/mol. The maximum Gasteiger partial charge on any atom is 0.411 e. The fraction of sp³-hybridized carbons (Fsp3) is 0.364. The minimum atomic E-state index is -4.38. The fourth-order valence-electron chi connectivity index (χ4n) is 1.26. The first-order valence-electron chi connectivity index (χ1n) is 5.26. The number of alkyl halides is 3. The van der Waals surface area contributed by atoms with Gasteiger partial charge in [-0.15, -0.1) is 0 Å². The number of rotatable bonds is 6. The molecule has 8 heteroatoms. The van der Waals surface area contributed by atoms with Gasteiger partial charge >= 0.3 is 6.18 Å². The Balaban J connectivity index is 2.47. The molecule has 0 radical (unpaired) electrons. The smallest absolute Gasteiger partial charge is 0.411 e. The average Bonchev–Trinajstić information content (AvgIpc) is 2.28. The van der Waals surface area contributed by atoms with Crippen LogP contribution >= 0.6 is 0 Å². The molecule has 5 nitrogen and oxygen atoms in total. The second kappa shape index (κ2) is 6.28. The summed E-state index contributed by atoms with van der Waals surface area (Å²) in [5.74, 6) is -0.587. The number of hydrogen-bond acceptors (Lipinski definition) is 4. The van der Waals surface area contributed by atoms with Gasteiger partial charge in [0.2, 0.25) is 0 Å². The van der Waals surface area contributed by atoms with Crippen LogP contribution in [0.5, 0.6) is 5.75 Å². The highest BCUT2D eigenvalue weighted by Gasteiger charge is 2.27. The van der Waals surface area contributed by atoms with Crippen molar-refractivity contribution in [1.82, 2.24) is 0 Å². The molecular weight excluding hydrogens is 265 g/mol. The molecule has 0 saturated heterocycles. The number of nitrogen functional groups attached to an aromatic ring is 1. The lowest BCUT2D eigenvalue weighted by Crippen LogP contribution is -2.20. The maximum atomic E-state index is 11.8. The Hall–Kier alpha value is -1.96. The van der Waals surface area contributed by atoms with Crippen molar-refractivity contribution in [2.24, 2.45) is 5.73 Å². The van der Waals surface area contributed by atoms with Crippen molar-refractivity contribution < 1.29 is 27.4 Å². The largest absolute Gasteiger partial charge is 0.490 e. The second-order valence-corrected chi connectivity index (χ2v) is 3.64. The normalized spacial score (nSPS) is 11.3. The first-order valence-corrected chi connectivity index (χ1v) is 5.26. The van der Waals surface area contributed by atoms with Crippen molar-refractivity contribution in [2.75, 3.05) is 25.6 Å². The molecule has 106 valence electrons. The minimum absolute atomic E-state index is 0.0656. The summed E-state index contributed by atoms with van der Waals surface area (Å²) in [5.41, 5.74) is 11.0. The quantitative estimate of drug-likeness (QED) is 0.607. The predicted molar refractivity (Wildman–Crippen MR) is 61.7 cm³/mol. The van der Waals surface area contributed by atoms with E-state index in [1.807, 2.05) is 0 Å². The third kappa shape index (κ3) is 5.47. The summed E-state index contributed by atoms with van der Waals surface area (Å²) in [6.07, 6.45) is -4.38. The first-order chi connectivity index (χ1) is 8.79. The number of amides is 1. The Morgan fingerprint density at radius 3 is 2.53 bits per heavy atom. The summed E-state index contributed by atoms with van der Waals surface area (Å²) in [6, 6.07) is 4.23. The highest BCUT2D eigenvalue weighted by atomic mass is 19.4. The van der Waals surface area contributed by atoms with Gasteiger partial charge in [-0.1, -0.05) is 0 Å². The van der Waals surface area contributed by atoms with E-state index in [9.17, 15) is 18.0 Å². The molecule has 0 bridgehead atoms. The third-order valence-corrected chi connectivity index (χ3v) is 2.02. The van der Waals surface area contributed by atoms with E-state index in [-0.39, 0.29) is 24.5 Å². The number of primary amides is 1. The van der Waals surface area contributed by atoms with Gasteiger partial charge < -0.3 is 20.9 Å². The zero-order valence-electron chi connectivity index (χ0n) is 9.87. The molecule has 4 N–H and O–H groups in total. The molecule has 0 atom stereocenters. The van der Waals surface area contributed by atoms with Crippen molar-refractivity contribution in [3.8, 4) is 5.75 Å². The Labute approximate surface area is 107 Å². The van der Waals surface area contributed by atoms with Crippen LogP contribution in [-0.4, -0.2) is 31.9 Å². The molecule has 0 aliphatic carbocycles. The van der Waals surface area contributed by atoms with Crippen LogP contribution in [0.15, 0.2) is 18.2 Å². The number of benzene rings is 1. The molecule has 0 unspecified atom stereocenters. The molecule has 0 aromatic heterocycles. The molecule has 1 aromatic rings. The molecule has 0 aliphatic heterocycles. The van der Waals surface area contributed by atoms with Gasteiger partial charge in [0.15, 0.2) is 0 Å². The third-order valence-electron chi connectivity index (χ3n) is 2.02. The molecule has 1 amide bonds. The van der Waals surface area contributed by atoms with E-state index < -0.39 is 18.7 Å².